The zero-order valence-corrected chi connectivity index (χ0v) is 21.7. The first kappa shape index (κ1) is 28.4. The number of esters is 1. The molecule has 2 aromatic carbocycles. The second kappa shape index (κ2) is 11.3. The first-order valence-electron chi connectivity index (χ1n) is 11.2. The number of carbonyl (C=O) groups is 3. The van der Waals surface area contributed by atoms with Gasteiger partial charge in [0.1, 0.15) is 18.0 Å². The average molecular weight is 587 g/mol. The van der Waals surface area contributed by atoms with Crippen LogP contribution in [0.5, 0.6) is 0 Å². The number of amides is 2. The van der Waals surface area contributed by atoms with E-state index in [9.17, 15) is 36.0 Å². The second-order valence-electron chi connectivity index (χ2n) is 8.25. The van der Waals surface area contributed by atoms with Crippen molar-refractivity contribution in [1.29, 1.82) is 0 Å². The third kappa shape index (κ3) is 5.89. The minimum Gasteiger partial charge on any atom is -0.448 e. The van der Waals surface area contributed by atoms with Gasteiger partial charge in [0.2, 0.25) is 5.91 Å². The second-order valence-corrected chi connectivity index (χ2v) is 10.9. The molecule has 2 aliphatic rings. The van der Waals surface area contributed by atoms with Crippen molar-refractivity contribution in [2.75, 3.05) is 19.5 Å². The molecule has 2 heterocycles. The Morgan fingerprint density at radius 3 is 2.15 bits per heavy atom. The summed E-state index contributed by atoms with van der Waals surface area (Å²) in [6.07, 6.45) is -1.06. The zero-order chi connectivity index (χ0) is 28.4. The van der Waals surface area contributed by atoms with E-state index in [1.54, 1.807) is 60.7 Å². The summed E-state index contributed by atoms with van der Waals surface area (Å²) < 4.78 is 77.7. The molecule has 0 bridgehead atoms. The van der Waals surface area contributed by atoms with Crippen LogP contribution in [0.1, 0.15) is 17.2 Å². The first-order chi connectivity index (χ1) is 18.4. The molecule has 2 atom stereocenters. The molecule has 1 saturated heterocycles. The Kier molecular flexibility index (Phi) is 8.23. The van der Waals surface area contributed by atoms with Crippen LogP contribution in [0.3, 0.4) is 0 Å². The Morgan fingerprint density at radius 1 is 1.08 bits per heavy atom. The quantitative estimate of drug-likeness (QED) is 0.204. The number of nitrogens with zero attached hydrogens (tertiary/aromatic N) is 1. The molecule has 2 aromatic rings. The number of fused-ring (bicyclic) bond motifs is 1. The normalized spacial score (nSPS) is 19.3. The molecule has 2 amide bonds. The molecule has 0 aliphatic carbocycles. The van der Waals surface area contributed by atoms with Crippen molar-refractivity contribution >= 4 is 39.7 Å². The summed E-state index contributed by atoms with van der Waals surface area (Å²) in [5, 5.41) is 1.48. The van der Waals surface area contributed by atoms with Gasteiger partial charge in [0.25, 0.3) is 5.91 Å². The number of ether oxygens (including phenoxy) is 2. The molecule has 2 aliphatic heterocycles. The van der Waals surface area contributed by atoms with Crippen molar-refractivity contribution in [1.82, 2.24) is 10.2 Å². The molecule has 4 rings (SSSR count). The smallest absolute Gasteiger partial charge is 0.448 e. The Labute approximate surface area is 225 Å². The van der Waals surface area contributed by atoms with Gasteiger partial charge in [-0.3, -0.25) is 14.5 Å². The van der Waals surface area contributed by atoms with Crippen LogP contribution in [-0.2, 0) is 38.2 Å². The summed E-state index contributed by atoms with van der Waals surface area (Å²) in [5.41, 5.74) is -5.58. The highest BCUT2D eigenvalue weighted by Crippen LogP contribution is 2.43. The lowest BCUT2D eigenvalue weighted by Gasteiger charge is -2.49. The average Bonchev–Trinajstić information content (AvgIpc) is 2.90. The van der Waals surface area contributed by atoms with Gasteiger partial charge in [-0.2, -0.15) is 21.6 Å². The topological polar surface area (TPSA) is 128 Å². The summed E-state index contributed by atoms with van der Waals surface area (Å²) in [6.45, 7) is -0.361. The van der Waals surface area contributed by atoms with Crippen LogP contribution in [0.25, 0.3) is 0 Å². The molecule has 0 radical (unpaired) electrons. The number of thioether (sulfide) groups is 1. The highest BCUT2D eigenvalue weighted by molar-refractivity contribution is 8.00. The fourth-order valence-corrected chi connectivity index (χ4v) is 5.74. The highest BCUT2D eigenvalue weighted by Gasteiger charge is 2.57. The molecule has 208 valence electrons. The number of hydrogen-bond acceptors (Lipinski definition) is 9. The first-order valence-corrected chi connectivity index (χ1v) is 13.7. The van der Waals surface area contributed by atoms with E-state index < -0.39 is 68.1 Å². The summed E-state index contributed by atoms with van der Waals surface area (Å²) in [4.78, 5) is 39.2. The van der Waals surface area contributed by atoms with E-state index in [0.717, 1.165) is 16.7 Å². The Balaban J connectivity index is 1.72. The van der Waals surface area contributed by atoms with Crippen molar-refractivity contribution in [3.05, 3.63) is 83.2 Å². The molecule has 39 heavy (non-hydrogen) atoms. The van der Waals surface area contributed by atoms with Crippen LogP contribution in [0.2, 0.25) is 0 Å². The number of halogens is 3. The molecule has 0 spiro atoms. The molecule has 10 nitrogen and oxygen atoms in total. The number of β-lactam (4-membered cyclic amide) rings is 1. The van der Waals surface area contributed by atoms with Crippen LogP contribution >= 0.6 is 11.8 Å². The monoisotopic (exact) mass is 586 g/mol. The van der Waals surface area contributed by atoms with Crippen molar-refractivity contribution < 1.29 is 49.6 Å². The van der Waals surface area contributed by atoms with Crippen LogP contribution in [0, 0.1) is 0 Å². The van der Waals surface area contributed by atoms with Gasteiger partial charge < -0.3 is 19.0 Å². The maximum atomic E-state index is 13.5. The molecule has 1 unspecified atom stereocenters. The Morgan fingerprint density at radius 2 is 1.64 bits per heavy atom. The predicted octanol–water partition coefficient (Wildman–Crippen LogP) is 2.44. The molecular weight excluding hydrogens is 565 g/mol. The van der Waals surface area contributed by atoms with E-state index in [4.69, 9.17) is 9.47 Å². The fraction of sp³-hybridized carbons (Fsp3) is 0.292. The van der Waals surface area contributed by atoms with Gasteiger partial charge >= 0.3 is 21.6 Å². The van der Waals surface area contributed by atoms with Gasteiger partial charge in [-0.1, -0.05) is 60.7 Å². The Hall–Kier alpha value is -3.56. The largest absolute Gasteiger partial charge is 0.534 e. The maximum absolute atomic E-state index is 13.5. The standard InChI is InChI=1S/C24H21F3N2O8S2/c1-35-12-17(30)28-18-21(31)29-19(16(13-38-22(18)29)37-39(33,34)24(25,26)27)23(32)36-20(14-8-4-2-5-9-14)15-10-6-3-7-11-15/h2-11,18,20,22H,12-13H2,1H3,(H,28,30)/t18?,22-/m1/s1. The summed E-state index contributed by atoms with van der Waals surface area (Å²) >= 11 is 0.804. The van der Waals surface area contributed by atoms with E-state index in [2.05, 4.69) is 9.50 Å². The van der Waals surface area contributed by atoms with Gasteiger partial charge in [-0.25, -0.2) is 4.79 Å². The van der Waals surface area contributed by atoms with E-state index in [1.807, 2.05) is 0 Å². The van der Waals surface area contributed by atoms with Crippen molar-refractivity contribution in [3.8, 4) is 0 Å². The van der Waals surface area contributed by atoms with Gasteiger partial charge in [-0.15, -0.1) is 11.8 Å². The summed E-state index contributed by atoms with van der Waals surface area (Å²) in [7, 11) is -4.91. The lowest BCUT2D eigenvalue weighted by Crippen LogP contribution is -2.71. The van der Waals surface area contributed by atoms with Gasteiger partial charge in [0, 0.05) is 7.11 Å². The van der Waals surface area contributed by atoms with Gasteiger partial charge in [-0.05, 0) is 11.1 Å². The van der Waals surface area contributed by atoms with Crippen molar-refractivity contribution in [3.63, 3.8) is 0 Å². The zero-order valence-electron chi connectivity index (χ0n) is 20.1. The SMILES string of the molecule is COCC(=O)NC1C(=O)N2C(C(=O)OC(c3ccccc3)c3ccccc3)=C(OS(=O)(=O)C(F)(F)F)CS[C@H]12. The van der Waals surface area contributed by atoms with Crippen LogP contribution in [0.15, 0.2) is 72.1 Å². The van der Waals surface area contributed by atoms with Crippen LogP contribution < -0.4 is 5.32 Å². The number of methoxy groups -OCH3 is 1. The minimum absolute atomic E-state index is 0.361. The number of carbonyl (C=O) groups excluding carboxylic acids is 3. The molecule has 1 fully saturated rings. The van der Waals surface area contributed by atoms with E-state index in [1.165, 1.54) is 7.11 Å². The summed E-state index contributed by atoms with van der Waals surface area (Å²) in [5.74, 6) is -4.26. The van der Waals surface area contributed by atoms with E-state index in [-0.39, 0.29) is 6.61 Å². The lowest BCUT2D eigenvalue weighted by molar-refractivity contribution is -0.155. The van der Waals surface area contributed by atoms with Crippen LogP contribution in [-0.4, -0.2) is 67.5 Å². The third-order valence-electron chi connectivity index (χ3n) is 5.64. The van der Waals surface area contributed by atoms with Crippen molar-refractivity contribution in [2.45, 2.75) is 23.0 Å². The number of rotatable bonds is 9. The Bertz CT molecular complexity index is 1350. The van der Waals surface area contributed by atoms with E-state index >= 15 is 0 Å². The molecule has 1 N–H and O–H groups in total. The number of alkyl halides is 3. The fourth-order valence-electron chi connectivity index (χ4n) is 3.92. The number of benzene rings is 2. The van der Waals surface area contributed by atoms with Gasteiger partial charge in [0.05, 0.1) is 5.75 Å². The maximum Gasteiger partial charge on any atom is 0.534 e. The van der Waals surface area contributed by atoms with Gasteiger partial charge in [0.15, 0.2) is 17.6 Å². The third-order valence-corrected chi connectivity index (χ3v) is 7.88. The molecule has 0 aromatic heterocycles. The highest BCUT2D eigenvalue weighted by atomic mass is 32.2. The lowest BCUT2D eigenvalue weighted by atomic mass is 10.0. The minimum atomic E-state index is -6.17. The number of hydrogen-bond donors (Lipinski definition) is 1. The number of nitrogens with one attached hydrogen (secondary N) is 1. The van der Waals surface area contributed by atoms with Crippen molar-refractivity contribution in [2.24, 2.45) is 0 Å². The molecular formula is C24H21F3N2O8S2. The van der Waals surface area contributed by atoms with E-state index in [0.29, 0.717) is 11.1 Å². The molecule has 15 heteroatoms. The predicted molar refractivity (Wildman–Crippen MR) is 131 cm³/mol. The molecule has 0 saturated carbocycles. The summed E-state index contributed by atoms with van der Waals surface area (Å²) in [6, 6.07) is 15.7. The van der Waals surface area contributed by atoms with Crippen LogP contribution in [0.4, 0.5) is 13.2 Å².